The quantitative estimate of drug-likeness (QED) is 0.133. The van der Waals surface area contributed by atoms with Gasteiger partial charge in [0.05, 0.1) is 13.1 Å². The van der Waals surface area contributed by atoms with E-state index in [9.17, 15) is 9.59 Å². The molecule has 0 spiro atoms. The highest BCUT2D eigenvalue weighted by atomic mass is 32.1. The maximum atomic E-state index is 12.9. The SMILES string of the molecule is CCc1sc(CN(CCCc2ccccc2)C(=O)OC(C=N)CN=[N+]=[N-])nc1C(=O)OCC=N. The second-order valence-corrected chi connectivity index (χ2v) is 8.22. The lowest BCUT2D eigenvalue weighted by Crippen LogP contribution is -2.36. The number of thiazole rings is 1. The molecule has 2 aromatic rings. The molecule has 2 rings (SSSR count). The lowest BCUT2D eigenvalue weighted by molar-refractivity contribution is 0.0559. The van der Waals surface area contributed by atoms with Crippen molar-refractivity contribution in [1.29, 1.82) is 10.8 Å². The minimum Gasteiger partial charge on any atom is -0.455 e. The third-order valence-electron chi connectivity index (χ3n) is 4.64. The van der Waals surface area contributed by atoms with Crippen LogP contribution in [0.4, 0.5) is 4.79 Å². The Morgan fingerprint density at radius 2 is 2.09 bits per heavy atom. The fourth-order valence-electron chi connectivity index (χ4n) is 3.01. The van der Waals surface area contributed by atoms with E-state index in [1.165, 1.54) is 16.2 Å². The van der Waals surface area contributed by atoms with E-state index in [-0.39, 0.29) is 25.4 Å². The van der Waals surface area contributed by atoms with Gasteiger partial charge in [-0.05, 0) is 30.4 Å². The summed E-state index contributed by atoms with van der Waals surface area (Å²) in [5.74, 6) is -0.612. The fourth-order valence-corrected chi connectivity index (χ4v) is 4.03. The summed E-state index contributed by atoms with van der Waals surface area (Å²) in [6.45, 7) is 2.04. The molecule has 1 atom stereocenters. The van der Waals surface area contributed by atoms with Crippen molar-refractivity contribution in [2.24, 2.45) is 5.11 Å². The molecule has 0 saturated carbocycles. The van der Waals surface area contributed by atoms with Gasteiger partial charge in [-0.3, -0.25) is 0 Å². The van der Waals surface area contributed by atoms with Gasteiger partial charge in [0, 0.05) is 28.8 Å². The molecule has 0 fully saturated rings. The minimum absolute atomic E-state index is 0.107. The third kappa shape index (κ3) is 8.30. The molecule has 2 N–H and O–H groups in total. The number of aromatic nitrogens is 1. The van der Waals surface area contributed by atoms with Crippen LogP contribution in [-0.2, 0) is 28.9 Å². The van der Waals surface area contributed by atoms with Crippen LogP contribution >= 0.6 is 11.3 Å². The summed E-state index contributed by atoms with van der Waals surface area (Å²) < 4.78 is 10.3. The Balaban J connectivity index is 2.17. The van der Waals surface area contributed by atoms with Crippen LogP contribution in [-0.4, -0.2) is 60.2 Å². The number of amides is 1. The Morgan fingerprint density at radius 1 is 1.32 bits per heavy atom. The summed E-state index contributed by atoms with van der Waals surface area (Å²) in [4.78, 5) is 34.4. The highest BCUT2D eigenvalue weighted by molar-refractivity contribution is 7.11. The third-order valence-corrected chi connectivity index (χ3v) is 5.82. The maximum absolute atomic E-state index is 12.9. The van der Waals surface area contributed by atoms with Crippen molar-refractivity contribution in [3.05, 3.63) is 61.9 Å². The van der Waals surface area contributed by atoms with E-state index >= 15 is 0 Å². The van der Waals surface area contributed by atoms with Crippen molar-refractivity contribution < 1.29 is 19.1 Å². The Labute approximate surface area is 201 Å². The number of carbonyl (C=O) groups is 2. The molecule has 1 amide bonds. The van der Waals surface area contributed by atoms with Crippen LogP contribution in [0.2, 0.25) is 0 Å². The number of nitrogens with zero attached hydrogens (tertiary/aromatic N) is 5. The summed E-state index contributed by atoms with van der Waals surface area (Å²) in [5, 5.41) is 18.3. The lowest BCUT2D eigenvalue weighted by atomic mass is 10.1. The summed E-state index contributed by atoms with van der Waals surface area (Å²) in [7, 11) is 0. The number of esters is 1. The first-order valence-electron chi connectivity index (χ1n) is 10.7. The second kappa shape index (κ2) is 14.4. The molecule has 0 aliphatic heterocycles. The summed E-state index contributed by atoms with van der Waals surface area (Å²) in [6.07, 6.45) is 2.21. The van der Waals surface area contributed by atoms with Gasteiger partial charge < -0.3 is 25.2 Å². The van der Waals surface area contributed by atoms with E-state index in [1.54, 1.807) is 0 Å². The second-order valence-electron chi connectivity index (χ2n) is 7.05. The van der Waals surface area contributed by atoms with E-state index in [4.69, 9.17) is 25.8 Å². The lowest BCUT2D eigenvalue weighted by Gasteiger charge is -2.23. The number of aryl methyl sites for hydroxylation is 2. The van der Waals surface area contributed by atoms with Crippen molar-refractivity contribution in [1.82, 2.24) is 9.88 Å². The topological polar surface area (TPSA) is 165 Å². The summed E-state index contributed by atoms with van der Waals surface area (Å²) in [5.41, 5.74) is 9.82. The predicted molar refractivity (Wildman–Crippen MR) is 129 cm³/mol. The molecule has 0 saturated heterocycles. The van der Waals surface area contributed by atoms with E-state index < -0.39 is 18.2 Å². The number of hydrogen-bond donors (Lipinski definition) is 2. The van der Waals surface area contributed by atoms with E-state index in [2.05, 4.69) is 15.0 Å². The molecule has 180 valence electrons. The van der Waals surface area contributed by atoms with Crippen molar-refractivity contribution in [3.8, 4) is 0 Å². The average Bonchev–Trinajstić information content (AvgIpc) is 3.28. The molecular weight excluding hydrogens is 458 g/mol. The van der Waals surface area contributed by atoms with E-state index in [1.807, 2.05) is 37.3 Å². The first-order valence-corrected chi connectivity index (χ1v) is 11.5. The number of hydrogen-bond acceptors (Lipinski definition) is 9. The van der Waals surface area contributed by atoms with Gasteiger partial charge in [0.15, 0.2) is 5.69 Å². The van der Waals surface area contributed by atoms with Crippen LogP contribution in [0.3, 0.4) is 0 Å². The predicted octanol–water partition coefficient (Wildman–Crippen LogP) is 4.41. The Bertz CT molecular complexity index is 1020. The smallest absolute Gasteiger partial charge is 0.410 e. The van der Waals surface area contributed by atoms with Crippen LogP contribution < -0.4 is 0 Å². The van der Waals surface area contributed by atoms with Crippen LogP contribution in [0.25, 0.3) is 10.4 Å². The molecule has 11 nitrogen and oxygen atoms in total. The zero-order valence-electron chi connectivity index (χ0n) is 18.8. The Hall–Kier alpha value is -3.76. The minimum atomic E-state index is -0.978. The zero-order valence-corrected chi connectivity index (χ0v) is 19.7. The molecule has 1 heterocycles. The number of ether oxygens (including phenoxy) is 2. The van der Waals surface area contributed by atoms with Crippen LogP contribution in [0.15, 0.2) is 35.4 Å². The van der Waals surface area contributed by atoms with E-state index in [0.717, 1.165) is 29.3 Å². The van der Waals surface area contributed by atoms with Gasteiger partial charge in [0.2, 0.25) is 0 Å². The Kier molecular flexibility index (Phi) is 11.2. The van der Waals surface area contributed by atoms with Gasteiger partial charge in [-0.2, -0.15) is 0 Å². The average molecular weight is 486 g/mol. The molecule has 12 heteroatoms. The van der Waals surface area contributed by atoms with Crippen LogP contribution in [0, 0.1) is 10.8 Å². The van der Waals surface area contributed by atoms with E-state index in [0.29, 0.717) is 24.4 Å². The first-order chi connectivity index (χ1) is 16.5. The number of carbonyl (C=O) groups excluding carboxylic acids is 2. The van der Waals surface area contributed by atoms with Crippen molar-refractivity contribution in [2.75, 3.05) is 19.7 Å². The van der Waals surface area contributed by atoms with Crippen LogP contribution in [0.5, 0.6) is 0 Å². The standard InChI is InChI=1S/C22H27N7O4S/c1-2-18-20(21(30)32-12-10-23)27-19(34-18)15-29(11-6-9-16-7-4-3-5-8-16)22(31)33-17(13-24)14-26-28-25/h3-5,7-8,10,13,17,23-24H,2,6,9,11-12,14-15H2,1H3. The van der Waals surface area contributed by atoms with Gasteiger partial charge in [0.1, 0.15) is 17.7 Å². The fraction of sp³-hybridized carbons (Fsp3) is 0.409. The van der Waals surface area contributed by atoms with Gasteiger partial charge in [-0.15, -0.1) is 11.3 Å². The number of benzene rings is 1. The van der Waals surface area contributed by atoms with Crippen molar-refractivity contribution in [3.63, 3.8) is 0 Å². The number of rotatable bonds is 14. The number of azide groups is 1. The molecule has 1 unspecified atom stereocenters. The van der Waals surface area contributed by atoms with Crippen molar-refractivity contribution >= 4 is 35.8 Å². The monoisotopic (exact) mass is 485 g/mol. The summed E-state index contributed by atoms with van der Waals surface area (Å²) in [6, 6.07) is 9.86. The van der Waals surface area contributed by atoms with Gasteiger partial charge >= 0.3 is 12.1 Å². The number of nitrogens with one attached hydrogen (secondary N) is 2. The molecular formula is C22H27N7O4S. The molecule has 34 heavy (non-hydrogen) atoms. The molecule has 1 aromatic heterocycles. The van der Waals surface area contributed by atoms with Crippen LogP contribution in [0.1, 0.15) is 39.3 Å². The van der Waals surface area contributed by atoms with Gasteiger partial charge in [-0.1, -0.05) is 42.4 Å². The Morgan fingerprint density at radius 3 is 2.74 bits per heavy atom. The first kappa shape index (κ1) is 26.5. The van der Waals surface area contributed by atoms with Gasteiger partial charge in [0.25, 0.3) is 0 Å². The molecule has 1 aromatic carbocycles. The molecule has 0 aliphatic rings. The zero-order chi connectivity index (χ0) is 24.8. The van der Waals surface area contributed by atoms with Crippen molar-refractivity contribution in [2.45, 2.75) is 38.8 Å². The highest BCUT2D eigenvalue weighted by Gasteiger charge is 2.23. The molecule has 0 bridgehead atoms. The molecule has 0 aliphatic carbocycles. The van der Waals surface area contributed by atoms with Gasteiger partial charge in [-0.25, -0.2) is 14.6 Å². The largest absolute Gasteiger partial charge is 0.455 e. The summed E-state index contributed by atoms with van der Waals surface area (Å²) >= 11 is 1.31. The maximum Gasteiger partial charge on any atom is 0.410 e. The highest BCUT2D eigenvalue weighted by Crippen LogP contribution is 2.22. The normalized spacial score (nSPS) is 11.1. The molecule has 0 radical (unpaired) electrons.